The number of nitrogens with one attached hydrogen (secondary N) is 1. The Balaban J connectivity index is 2.22. The van der Waals surface area contributed by atoms with Crippen LogP contribution in [-0.2, 0) is 0 Å². The second kappa shape index (κ2) is 6.03. The molecule has 1 aromatic carbocycles. The highest BCUT2D eigenvalue weighted by atomic mass is 32.2. The highest BCUT2D eigenvalue weighted by molar-refractivity contribution is 7.99. The van der Waals surface area contributed by atoms with Crippen molar-refractivity contribution < 1.29 is 0 Å². The Morgan fingerprint density at radius 3 is 2.78 bits per heavy atom. The Kier molecular flexibility index (Phi) is 4.15. The molecule has 1 atom stereocenters. The van der Waals surface area contributed by atoms with E-state index in [2.05, 4.69) is 16.0 Å². The van der Waals surface area contributed by atoms with Crippen LogP contribution in [0.25, 0.3) is 0 Å². The topological polar surface area (TPSA) is 69.5 Å². The third-order valence-corrected chi connectivity index (χ3v) is 3.50. The Bertz CT molecular complexity index is 603. The summed E-state index contributed by atoms with van der Waals surface area (Å²) in [6.07, 6.45) is 1.84. The molecule has 0 radical (unpaired) electrons. The lowest BCUT2D eigenvalue weighted by atomic mass is 10.1. The van der Waals surface area contributed by atoms with Gasteiger partial charge in [0.05, 0.1) is 17.7 Å². The summed E-state index contributed by atoms with van der Waals surface area (Å²) in [5.74, 6) is 0. The molecule has 0 spiro atoms. The number of hydrogen-bond donors (Lipinski definition) is 1. The summed E-state index contributed by atoms with van der Waals surface area (Å²) in [5, 5.41) is 9.38. The normalized spacial score (nSPS) is 11.7. The van der Waals surface area contributed by atoms with Crippen molar-refractivity contribution in [2.24, 2.45) is 0 Å². The third-order valence-electron chi connectivity index (χ3n) is 2.35. The fourth-order valence-corrected chi connectivity index (χ4v) is 2.53. The zero-order valence-electron chi connectivity index (χ0n) is 9.54. The highest BCUT2D eigenvalue weighted by Gasteiger charge is 2.13. The Morgan fingerprint density at radius 1 is 1.33 bits per heavy atom. The lowest BCUT2D eigenvalue weighted by molar-refractivity contribution is 0.908. The van der Waals surface area contributed by atoms with Crippen LogP contribution >= 0.6 is 11.8 Å². The van der Waals surface area contributed by atoms with Crippen LogP contribution in [0.5, 0.6) is 0 Å². The Morgan fingerprint density at radius 2 is 2.11 bits per heavy atom. The average molecular weight is 257 g/mol. The van der Waals surface area contributed by atoms with E-state index in [1.807, 2.05) is 30.3 Å². The summed E-state index contributed by atoms with van der Waals surface area (Å²) in [5.41, 5.74) is 0.867. The first kappa shape index (κ1) is 12.4. The van der Waals surface area contributed by atoms with E-state index in [4.69, 9.17) is 5.26 Å². The number of nitrogens with zero attached hydrogens (tertiary/aromatic N) is 2. The molecule has 5 heteroatoms. The Hall–Kier alpha value is -2.06. The molecule has 0 saturated heterocycles. The van der Waals surface area contributed by atoms with Crippen LogP contribution < -0.4 is 5.56 Å². The van der Waals surface area contributed by atoms with Gasteiger partial charge in [0.1, 0.15) is 0 Å². The number of hydrogen-bond acceptors (Lipinski definition) is 4. The number of nitriles is 1. The summed E-state index contributed by atoms with van der Waals surface area (Å²) >= 11 is 1.39. The maximum Gasteiger partial charge on any atom is 0.251 e. The van der Waals surface area contributed by atoms with E-state index in [1.165, 1.54) is 24.0 Å². The van der Waals surface area contributed by atoms with E-state index in [1.54, 1.807) is 0 Å². The van der Waals surface area contributed by atoms with Crippen molar-refractivity contribution in [3.05, 3.63) is 58.5 Å². The predicted octanol–water partition coefficient (Wildman–Crippen LogP) is 2.52. The van der Waals surface area contributed by atoms with E-state index in [9.17, 15) is 4.79 Å². The van der Waals surface area contributed by atoms with E-state index >= 15 is 0 Å². The lowest BCUT2D eigenvalue weighted by Gasteiger charge is -2.12. The number of thioether (sulfide) groups is 1. The zero-order valence-corrected chi connectivity index (χ0v) is 10.4. The number of aromatic amines is 1. The molecule has 0 aliphatic rings. The van der Waals surface area contributed by atoms with Gasteiger partial charge < -0.3 is 4.98 Å². The molecule has 90 valence electrons. The van der Waals surface area contributed by atoms with Crippen molar-refractivity contribution >= 4 is 11.8 Å². The molecular weight excluding hydrogens is 246 g/mol. The summed E-state index contributed by atoms with van der Waals surface area (Å²) in [6, 6.07) is 13.3. The van der Waals surface area contributed by atoms with Gasteiger partial charge in [0, 0.05) is 12.3 Å². The van der Waals surface area contributed by atoms with Crippen LogP contribution in [0.4, 0.5) is 0 Å². The van der Waals surface area contributed by atoms with Gasteiger partial charge in [0.25, 0.3) is 5.56 Å². The van der Waals surface area contributed by atoms with Gasteiger partial charge in [-0.1, -0.05) is 42.1 Å². The summed E-state index contributed by atoms with van der Waals surface area (Å²) in [6.45, 7) is 0. The van der Waals surface area contributed by atoms with E-state index in [0.29, 0.717) is 11.6 Å². The third kappa shape index (κ3) is 3.22. The van der Waals surface area contributed by atoms with Gasteiger partial charge >= 0.3 is 0 Å². The molecule has 1 unspecified atom stereocenters. The molecule has 0 fully saturated rings. The smallest absolute Gasteiger partial charge is 0.251 e. The zero-order chi connectivity index (χ0) is 12.8. The minimum atomic E-state index is -0.184. The molecule has 18 heavy (non-hydrogen) atoms. The molecule has 1 aromatic heterocycles. The SMILES string of the molecule is N#CCC(Sc1nccc(=O)[nH]1)c1ccccc1. The van der Waals surface area contributed by atoms with Gasteiger partial charge in [0.2, 0.25) is 0 Å². The first-order valence-corrected chi connectivity index (χ1v) is 6.31. The Labute approximate surface area is 109 Å². The molecule has 0 amide bonds. The van der Waals surface area contributed by atoms with Crippen LogP contribution in [0.1, 0.15) is 17.2 Å². The fraction of sp³-hybridized carbons (Fsp3) is 0.154. The van der Waals surface area contributed by atoms with E-state index in [-0.39, 0.29) is 10.8 Å². The largest absolute Gasteiger partial charge is 0.301 e. The summed E-state index contributed by atoms with van der Waals surface area (Å²) in [7, 11) is 0. The lowest BCUT2D eigenvalue weighted by Crippen LogP contribution is -2.06. The molecule has 2 aromatic rings. The van der Waals surface area contributed by atoms with Crippen LogP contribution in [0.3, 0.4) is 0 Å². The van der Waals surface area contributed by atoms with Crippen LogP contribution in [0, 0.1) is 11.3 Å². The maximum atomic E-state index is 11.2. The first-order chi connectivity index (χ1) is 8.79. The maximum absolute atomic E-state index is 11.2. The van der Waals surface area contributed by atoms with Crippen molar-refractivity contribution in [1.29, 1.82) is 5.26 Å². The quantitative estimate of drug-likeness (QED) is 0.675. The summed E-state index contributed by atoms with van der Waals surface area (Å²) < 4.78 is 0. The monoisotopic (exact) mass is 257 g/mol. The molecule has 1 heterocycles. The minimum absolute atomic E-state index is 0.0262. The van der Waals surface area contributed by atoms with Gasteiger partial charge in [-0.2, -0.15) is 5.26 Å². The van der Waals surface area contributed by atoms with Gasteiger partial charge in [-0.05, 0) is 5.56 Å². The average Bonchev–Trinajstić information content (AvgIpc) is 2.39. The highest BCUT2D eigenvalue weighted by Crippen LogP contribution is 2.34. The van der Waals surface area contributed by atoms with Crippen molar-refractivity contribution in [3.8, 4) is 6.07 Å². The molecule has 0 saturated carbocycles. The molecule has 4 nitrogen and oxygen atoms in total. The summed E-state index contributed by atoms with van der Waals surface area (Å²) in [4.78, 5) is 17.9. The van der Waals surface area contributed by atoms with Crippen molar-refractivity contribution in [1.82, 2.24) is 9.97 Å². The van der Waals surface area contributed by atoms with Crippen molar-refractivity contribution in [3.63, 3.8) is 0 Å². The molecule has 1 N–H and O–H groups in total. The first-order valence-electron chi connectivity index (χ1n) is 5.43. The second-order valence-corrected chi connectivity index (χ2v) is 4.81. The molecule has 0 bridgehead atoms. The molecule has 2 rings (SSSR count). The van der Waals surface area contributed by atoms with Gasteiger partial charge in [-0.15, -0.1) is 0 Å². The second-order valence-electron chi connectivity index (χ2n) is 3.62. The van der Waals surface area contributed by atoms with Crippen LogP contribution in [0.15, 0.2) is 52.5 Å². The standard InChI is InChI=1S/C13H11N3OS/c14-8-6-11(10-4-2-1-3-5-10)18-13-15-9-7-12(17)16-13/h1-5,7,9,11H,6H2,(H,15,16,17). The predicted molar refractivity (Wildman–Crippen MR) is 70.1 cm³/mol. The van der Waals surface area contributed by atoms with E-state index < -0.39 is 0 Å². The van der Waals surface area contributed by atoms with Crippen LogP contribution in [0.2, 0.25) is 0 Å². The molecule has 0 aliphatic carbocycles. The minimum Gasteiger partial charge on any atom is -0.301 e. The molecular formula is C13H11N3OS. The van der Waals surface area contributed by atoms with Crippen molar-refractivity contribution in [2.75, 3.05) is 0 Å². The van der Waals surface area contributed by atoms with Crippen LogP contribution in [-0.4, -0.2) is 9.97 Å². The molecule has 0 aliphatic heterocycles. The van der Waals surface area contributed by atoms with Gasteiger partial charge in [-0.25, -0.2) is 4.98 Å². The van der Waals surface area contributed by atoms with Crippen molar-refractivity contribution in [2.45, 2.75) is 16.8 Å². The number of H-pyrrole nitrogens is 1. The van der Waals surface area contributed by atoms with Gasteiger partial charge in [-0.3, -0.25) is 4.79 Å². The fourth-order valence-electron chi connectivity index (χ4n) is 1.52. The number of benzene rings is 1. The number of rotatable bonds is 4. The number of aromatic nitrogens is 2. The van der Waals surface area contributed by atoms with Gasteiger partial charge in [0.15, 0.2) is 5.16 Å². The van der Waals surface area contributed by atoms with E-state index in [0.717, 1.165) is 5.56 Å².